The largest absolute Gasteiger partial charge is 0.331 e. The summed E-state index contributed by atoms with van der Waals surface area (Å²) in [4.78, 5) is 15.3. The lowest BCUT2D eigenvalue weighted by molar-refractivity contribution is 0.0534. The van der Waals surface area contributed by atoms with Crippen LogP contribution in [0.3, 0.4) is 0 Å². The van der Waals surface area contributed by atoms with Gasteiger partial charge in [-0.15, -0.1) is 0 Å². The molecular weight excluding hydrogens is 319 g/mol. The lowest BCUT2D eigenvalue weighted by Gasteiger charge is -2.38. The maximum Gasteiger partial charge on any atom is 0.255 e. The fourth-order valence-electron chi connectivity index (χ4n) is 3.67. The average molecular weight is 341 g/mol. The van der Waals surface area contributed by atoms with Gasteiger partial charge in [-0.1, -0.05) is 48.5 Å². The number of carbonyl (C=O) groups excluding carboxylic acids is 1. The zero-order valence-electron chi connectivity index (χ0n) is 12.7. The number of halogens is 2. The van der Waals surface area contributed by atoms with Crippen molar-refractivity contribution in [3.05, 3.63) is 33.8 Å². The molecule has 2 aliphatic rings. The molecule has 3 nitrogen and oxygen atoms in total. The van der Waals surface area contributed by atoms with Gasteiger partial charge in [-0.25, -0.2) is 0 Å². The minimum atomic E-state index is 0.0353. The molecule has 0 radical (unpaired) electrons. The Hall–Kier alpha value is -0.770. The van der Waals surface area contributed by atoms with E-state index in [-0.39, 0.29) is 11.9 Å². The predicted molar refractivity (Wildman–Crippen MR) is 90.8 cm³/mol. The van der Waals surface area contributed by atoms with Gasteiger partial charge in [0.1, 0.15) is 0 Å². The summed E-state index contributed by atoms with van der Waals surface area (Å²) < 4.78 is 0. The zero-order chi connectivity index (χ0) is 15.5. The summed E-state index contributed by atoms with van der Waals surface area (Å²) in [5.41, 5.74) is 0.534. The Morgan fingerprint density at radius 1 is 1.09 bits per heavy atom. The van der Waals surface area contributed by atoms with E-state index < -0.39 is 0 Å². The summed E-state index contributed by atoms with van der Waals surface area (Å²) >= 11 is 12.4. The van der Waals surface area contributed by atoms with E-state index in [1.165, 1.54) is 19.3 Å². The molecule has 1 aliphatic heterocycles. The summed E-state index contributed by atoms with van der Waals surface area (Å²) in [6, 6.07) is 5.91. The highest BCUT2D eigenvalue weighted by Gasteiger charge is 2.34. The standard InChI is InChI=1S/C17H22Cl2N2O/c18-15-8-4-7-14(16(15)19)17(22)21(13-9-10-20-11-13)12-5-2-1-3-6-12/h4,7-8,12-13,20H,1-3,5-6,9-11H2/t13-/m0/s1. The molecule has 0 unspecified atom stereocenters. The Morgan fingerprint density at radius 2 is 1.86 bits per heavy atom. The monoisotopic (exact) mass is 340 g/mol. The molecule has 1 aromatic rings. The van der Waals surface area contributed by atoms with E-state index in [0.717, 1.165) is 32.4 Å². The van der Waals surface area contributed by atoms with Gasteiger partial charge in [0, 0.05) is 18.6 Å². The predicted octanol–water partition coefficient (Wildman–Crippen LogP) is 4.13. The number of hydrogen-bond donors (Lipinski definition) is 1. The Labute approximate surface area is 142 Å². The Kier molecular flexibility index (Phi) is 5.27. The van der Waals surface area contributed by atoms with Crippen LogP contribution < -0.4 is 5.32 Å². The van der Waals surface area contributed by atoms with Crippen LogP contribution in [0.25, 0.3) is 0 Å². The van der Waals surface area contributed by atoms with Crippen molar-refractivity contribution in [2.45, 2.75) is 50.6 Å². The number of nitrogens with one attached hydrogen (secondary N) is 1. The van der Waals surface area contributed by atoms with Crippen molar-refractivity contribution in [3.8, 4) is 0 Å². The molecule has 1 saturated carbocycles. The number of benzene rings is 1. The van der Waals surface area contributed by atoms with Gasteiger partial charge in [-0.3, -0.25) is 4.79 Å². The molecule has 1 saturated heterocycles. The van der Waals surface area contributed by atoms with Gasteiger partial charge in [0.15, 0.2) is 0 Å². The van der Waals surface area contributed by atoms with Crippen LogP contribution in [0.2, 0.25) is 10.0 Å². The van der Waals surface area contributed by atoms with Crippen LogP contribution in [0, 0.1) is 0 Å². The van der Waals surface area contributed by atoms with E-state index in [2.05, 4.69) is 10.2 Å². The second-order valence-corrected chi connectivity index (χ2v) is 7.04. The number of amides is 1. The molecule has 1 heterocycles. The van der Waals surface area contributed by atoms with Crippen molar-refractivity contribution >= 4 is 29.1 Å². The van der Waals surface area contributed by atoms with Crippen molar-refractivity contribution < 1.29 is 4.79 Å². The zero-order valence-corrected chi connectivity index (χ0v) is 14.2. The molecule has 1 aliphatic carbocycles. The molecular formula is C17H22Cl2N2O. The van der Waals surface area contributed by atoms with Crippen LogP contribution in [0.4, 0.5) is 0 Å². The SMILES string of the molecule is O=C(c1cccc(Cl)c1Cl)N(C1CCCCC1)[C@H]1CCNC1. The maximum atomic E-state index is 13.2. The highest BCUT2D eigenvalue weighted by Crippen LogP contribution is 2.31. The normalized spacial score (nSPS) is 22.7. The molecule has 2 fully saturated rings. The summed E-state index contributed by atoms with van der Waals surface area (Å²) in [5.74, 6) is 0.0353. The highest BCUT2D eigenvalue weighted by atomic mass is 35.5. The third kappa shape index (κ3) is 3.27. The molecule has 5 heteroatoms. The Morgan fingerprint density at radius 3 is 2.55 bits per heavy atom. The molecule has 1 aromatic carbocycles. The van der Waals surface area contributed by atoms with Crippen molar-refractivity contribution in [1.82, 2.24) is 10.2 Å². The fraction of sp³-hybridized carbons (Fsp3) is 0.588. The van der Waals surface area contributed by atoms with E-state index in [9.17, 15) is 4.79 Å². The van der Waals surface area contributed by atoms with E-state index in [0.29, 0.717) is 21.7 Å². The minimum Gasteiger partial charge on any atom is -0.331 e. The summed E-state index contributed by atoms with van der Waals surface area (Å²) in [6.45, 7) is 1.85. The molecule has 1 N–H and O–H groups in total. The first-order valence-corrected chi connectivity index (χ1v) is 8.91. The molecule has 22 heavy (non-hydrogen) atoms. The third-order valence-corrected chi connectivity index (χ3v) is 5.63. The van der Waals surface area contributed by atoms with Crippen LogP contribution in [0.5, 0.6) is 0 Å². The lowest BCUT2D eigenvalue weighted by Crippen LogP contribution is -2.49. The van der Waals surface area contributed by atoms with Crippen LogP contribution in [-0.4, -0.2) is 36.0 Å². The van der Waals surface area contributed by atoms with Gasteiger partial charge in [-0.2, -0.15) is 0 Å². The lowest BCUT2D eigenvalue weighted by atomic mass is 9.92. The maximum absolute atomic E-state index is 13.2. The second kappa shape index (κ2) is 7.20. The quantitative estimate of drug-likeness (QED) is 0.897. The van der Waals surface area contributed by atoms with E-state index in [1.54, 1.807) is 18.2 Å². The Bertz CT molecular complexity index is 537. The molecule has 1 amide bonds. The summed E-state index contributed by atoms with van der Waals surface area (Å²) in [7, 11) is 0. The van der Waals surface area contributed by atoms with Crippen LogP contribution in [0.15, 0.2) is 18.2 Å². The molecule has 3 rings (SSSR count). The molecule has 1 atom stereocenters. The molecule has 0 spiro atoms. The van der Waals surface area contributed by atoms with Gasteiger partial charge in [0.2, 0.25) is 0 Å². The molecule has 120 valence electrons. The Balaban J connectivity index is 1.90. The molecule has 0 aromatic heterocycles. The third-order valence-electron chi connectivity index (χ3n) is 4.81. The van der Waals surface area contributed by atoms with Gasteiger partial charge in [0.05, 0.1) is 15.6 Å². The average Bonchev–Trinajstić information content (AvgIpc) is 3.05. The van der Waals surface area contributed by atoms with Crippen LogP contribution in [-0.2, 0) is 0 Å². The van der Waals surface area contributed by atoms with Crippen molar-refractivity contribution in [2.24, 2.45) is 0 Å². The second-order valence-electron chi connectivity index (χ2n) is 6.25. The van der Waals surface area contributed by atoms with Gasteiger partial charge in [0.25, 0.3) is 5.91 Å². The first kappa shape index (κ1) is 16.1. The summed E-state index contributed by atoms with van der Waals surface area (Å²) in [6.07, 6.45) is 6.90. The van der Waals surface area contributed by atoms with Crippen molar-refractivity contribution in [2.75, 3.05) is 13.1 Å². The van der Waals surface area contributed by atoms with Crippen LogP contribution in [0.1, 0.15) is 48.9 Å². The molecule has 0 bridgehead atoms. The summed E-state index contributed by atoms with van der Waals surface area (Å²) in [5, 5.41) is 4.19. The van der Waals surface area contributed by atoms with E-state index >= 15 is 0 Å². The van der Waals surface area contributed by atoms with Gasteiger partial charge in [-0.05, 0) is 37.9 Å². The minimum absolute atomic E-state index is 0.0353. The van der Waals surface area contributed by atoms with Crippen LogP contribution >= 0.6 is 23.2 Å². The number of nitrogens with zero attached hydrogens (tertiary/aromatic N) is 1. The van der Waals surface area contributed by atoms with Gasteiger partial charge < -0.3 is 10.2 Å². The highest BCUT2D eigenvalue weighted by molar-refractivity contribution is 6.43. The number of rotatable bonds is 3. The van der Waals surface area contributed by atoms with E-state index in [4.69, 9.17) is 23.2 Å². The first-order valence-electron chi connectivity index (χ1n) is 8.16. The van der Waals surface area contributed by atoms with Crippen molar-refractivity contribution in [1.29, 1.82) is 0 Å². The topological polar surface area (TPSA) is 32.3 Å². The number of carbonyl (C=O) groups is 1. The van der Waals surface area contributed by atoms with E-state index in [1.807, 2.05) is 0 Å². The van der Waals surface area contributed by atoms with Gasteiger partial charge >= 0.3 is 0 Å². The smallest absolute Gasteiger partial charge is 0.255 e. The first-order chi connectivity index (χ1) is 10.7. The fourth-order valence-corrected chi connectivity index (χ4v) is 4.06. The number of hydrogen-bond acceptors (Lipinski definition) is 2. The van der Waals surface area contributed by atoms with Crippen molar-refractivity contribution in [3.63, 3.8) is 0 Å².